The molecule has 0 radical (unpaired) electrons. The average Bonchev–Trinajstić information content (AvgIpc) is 3.49. The number of nitrogens with zero attached hydrogens (tertiary/aromatic N) is 2. The molecule has 8 rings (SSSR count). The summed E-state index contributed by atoms with van der Waals surface area (Å²) < 4.78 is 13.6. The molecule has 0 saturated carbocycles. The monoisotopic (exact) mass is 819 g/mol. The van der Waals surface area contributed by atoms with Crippen molar-refractivity contribution in [3.63, 3.8) is 0 Å². The van der Waals surface area contributed by atoms with Crippen LogP contribution in [0.2, 0.25) is 0 Å². The van der Waals surface area contributed by atoms with Gasteiger partial charge in [-0.25, -0.2) is 4.99 Å². The number of benzene rings is 5. The maximum Gasteiger partial charge on any atom is 0.264 e. The van der Waals surface area contributed by atoms with Gasteiger partial charge >= 0.3 is 0 Å². The van der Waals surface area contributed by atoms with E-state index < -0.39 is 0 Å². The molecular weight excluding hydrogens is 786 g/mol. The number of aliphatic imine (C=N–C) groups is 1. The highest BCUT2D eigenvalue weighted by atomic mass is 79.9. The Morgan fingerprint density at radius 3 is 2.10 bits per heavy atom. The molecule has 0 aliphatic carbocycles. The van der Waals surface area contributed by atoms with Gasteiger partial charge in [0.1, 0.15) is 6.61 Å². The van der Waals surface area contributed by atoms with Gasteiger partial charge in [0.25, 0.3) is 5.91 Å². The van der Waals surface area contributed by atoms with Crippen LogP contribution in [0.25, 0.3) is 6.08 Å². The standard InChI is InChI=1S/C42H35Br2N3O3S/c1-49-37-21-27(20-36(44)40(37)50-25-26-12-14-30(43)15-13-26)22-38-41(48)46-42(51-38)45-31-23-34-32(28-8-4-2-5-9-28)16-18-47-19-17-33(35(24-31)39(34)47)29-10-6-3-7-11-29/h2-15,20-24,32-33H,16-19,25H2,1H3,(H,45,46,48)/b38-22-/t32-,33-/m0/s1. The number of amidine groups is 1. The van der Waals surface area contributed by atoms with E-state index in [4.69, 9.17) is 14.5 Å². The zero-order valence-corrected chi connectivity index (χ0v) is 31.9. The number of carbonyl (C=O) groups excluding carboxylic acids is 1. The number of hydrogen-bond donors (Lipinski definition) is 1. The van der Waals surface area contributed by atoms with Crippen molar-refractivity contribution in [3.8, 4) is 11.5 Å². The van der Waals surface area contributed by atoms with E-state index in [-0.39, 0.29) is 17.7 Å². The molecular formula is C42H35Br2N3O3S. The van der Waals surface area contributed by atoms with Crippen LogP contribution in [0.5, 0.6) is 11.5 Å². The highest BCUT2D eigenvalue weighted by Gasteiger charge is 2.35. The topological polar surface area (TPSA) is 63.2 Å². The Hall–Kier alpha value is -4.31. The van der Waals surface area contributed by atoms with Gasteiger partial charge in [-0.05, 0) is 116 Å². The van der Waals surface area contributed by atoms with E-state index in [2.05, 4.69) is 115 Å². The molecule has 1 N–H and O–H groups in total. The molecule has 0 unspecified atom stereocenters. The summed E-state index contributed by atoms with van der Waals surface area (Å²) in [5.41, 5.74) is 9.34. The smallest absolute Gasteiger partial charge is 0.264 e. The average molecular weight is 822 g/mol. The van der Waals surface area contributed by atoms with E-state index >= 15 is 0 Å². The largest absolute Gasteiger partial charge is 0.493 e. The molecule has 2 atom stereocenters. The van der Waals surface area contributed by atoms with E-state index in [1.165, 1.54) is 39.7 Å². The van der Waals surface area contributed by atoms with Crippen molar-refractivity contribution < 1.29 is 14.3 Å². The van der Waals surface area contributed by atoms with Crippen molar-refractivity contribution in [2.75, 3.05) is 25.1 Å². The summed E-state index contributed by atoms with van der Waals surface area (Å²) in [6.07, 6.45) is 3.97. The number of ether oxygens (including phenoxy) is 2. The summed E-state index contributed by atoms with van der Waals surface area (Å²) in [5.74, 6) is 1.55. The Morgan fingerprint density at radius 2 is 1.49 bits per heavy atom. The van der Waals surface area contributed by atoms with Crippen LogP contribution in [0.3, 0.4) is 0 Å². The first kappa shape index (κ1) is 33.8. The molecule has 5 aromatic carbocycles. The number of anilines is 1. The molecule has 3 heterocycles. The maximum atomic E-state index is 13.3. The number of methoxy groups -OCH3 is 1. The zero-order valence-electron chi connectivity index (χ0n) is 27.9. The molecule has 0 aromatic heterocycles. The fraction of sp³-hybridized carbons (Fsp3) is 0.190. The molecule has 3 aliphatic heterocycles. The summed E-state index contributed by atoms with van der Waals surface area (Å²) >= 11 is 8.49. The van der Waals surface area contributed by atoms with Gasteiger partial charge in [0, 0.05) is 35.1 Å². The molecule has 3 aliphatic rings. The molecule has 1 saturated heterocycles. The molecule has 1 amide bonds. The highest BCUT2D eigenvalue weighted by Crippen LogP contribution is 2.50. The van der Waals surface area contributed by atoms with Crippen molar-refractivity contribution in [2.24, 2.45) is 4.99 Å². The van der Waals surface area contributed by atoms with E-state index in [9.17, 15) is 4.79 Å². The van der Waals surface area contributed by atoms with Crippen LogP contribution < -0.4 is 19.7 Å². The van der Waals surface area contributed by atoms with Crippen molar-refractivity contribution in [1.29, 1.82) is 0 Å². The van der Waals surface area contributed by atoms with Crippen LogP contribution in [0.15, 0.2) is 128 Å². The minimum atomic E-state index is -0.181. The van der Waals surface area contributed by atoms with Gasteiger partial charge in [-0.1, -0.05) is 88.7 Å². The van der Waals surface area contributed by atoms with Crippen LogP contribution in [-0.4, -0.2) is 31.3 Å². The van der Waals surface area contributed by atoms with E-state index in [0.29, 0.717) is 28.2 Å². The third-order valence-electron chi connectivity index (χ3n) is 9.73. The van der Waals surface area contributed by atoms with Gasteiger partial charge in [-0.2, -0.15) is 0 Å². The summed E-state index contributed by atoms with van der Waals surface area (Å²) in [5, 5.41) is 3.58. The second kappa shape index (κ2) is 14.7. The molecule has 9 heteroatoms. The molecule has 0 spiro atoms. The van der Waals surface area contributed by atoms with Crippen molar-refractivity contribution in [2.45, 2.75) is 31.3 Å². The van der Waals surface area contributed by atoms with Gasteiger partial charge in [0.05, 0.1) is 22.2 Å². The Balaban J connectivity index is 1.11. The first-order valence-corrected chi connectivity index (χ1v) is 19.4. The number of amides is 1. The van der Waals surface area contributed by atoms with Crippen LogP contribution in [0, 0.1) is 0 Å². The van der Waals surface area contributed by atoms with Crippen LogP contribution in [-0.2, 0) is 11.4 Å². The van der Waals surface area contributed by atoms with Crippen LogP contribution in [0.4, 0.5) is 11.4 Å². The lowest BCUT2D eigenvalue weighted by Crippen LogP contribution is -2.37. The third-order valence-corrected chi connectivity index (χ3v) is 11.8. The summed E-state index contributed by atoms with van der Waals surface area (Å²) in [7, 11) is 1.61. The quantitative estimate of drug-likeness (QED) is 0.158. The molecule has 51 heavy (non-hydrogen) atoms. The van der Waals surface area contributed by atoms with Gasteiger partial charge in [0.2, 0.25) is 0 Å². The summed E-state index contributed by atoms with van der Waals surface area (Å²) in [6, 6.07) is 37.9. The lowest BCUT2D eigenvalue weighted by molar-refractivity contribution is -0.115. The van der Waals surface area contributed by atoms with Crippen molar-refractivity contribution in [3.05, 3.63) is 156 Å². The van der Waals surface area contributed by atoms with E-state index in [0.717, 1.165) is 51.7 Å². The van der Waals surface area contributed by atoms with Gasteiger partial charge < -0.3 is 19.7 Å². The second-order valence-corrected chi connectivity index (χ2v) is 15.7. The molecule has 256 valence electrons. The van der Waals surface area contributed by atoms with Gasteiger partial charge in [-0.15, -0.1) is 0 Å². The molecule has 1 fully saturated rings. The molecule has 6 nitrogen and oxygen atoms in total. The number of halogens is 2. The van der Waals surface area contributed by atoms with Crippen LogP contribution >= 0.6 is 43.6 Å². The Morgan fingerprint density at radius 1 is 0.863 bits per heavy atom. The summed E-state index contributed by atoms with van der Waals surface area (Å²) in [4.78, 5) is 21.5. The first-order chi connectivity index (χ1) is 24.9. The third kappa shape index (κ3) is 7.12. The fourth-order valence-corrected chi connectivity index (χ4v) is 9.03. The lowest BCUT2D eigenvalue weighted by atomic mass is 9.76. The Labute approximate surface area is 319 Å². The predicted octanol–water partition coefficient (Wildman–Crippen LogP) is 10.6. The number of rotatable bonds is 8. The summed E-state index contributed by atoms with van der Waals surface area (Å²) in [6.45, 7) is 2.46. The maximum absolute atomic E-state index is 13.3. The van der Waals surface area contributed by atoms with Crippen LogP contribution in [0.1, 0.15) is 58.1 Å². The normalized spacial score (nSPS) is 19.6. The van der Waals surface area contributed by atoms with E-state index in [1.54, 1.807) is 7.11 Å². The number of carbonyl (C=O) groups is 1. The van der Waals surface area contributed by atoms with E-state index in [1.807, 2.05) is 42.5 Å². The Bertz CT molecular complexity index is 2080. The van der Waals surface area contributed by atoms with Crippen molar-refractivity contribution >= 4 is 72.1 Å². The zero-order chi connectivity index (χ0) is 34.9. The first-order valence-electron chi connectivity index (χ1n) is 17.0. The second-order valence-electron chi connectivity index (χ2n) is 12.9. The predicted molar refractivity (Wildman–Crippen MR) is 214 cm³/mol. The van der Waals surface area contributed by atoms with Gasteiger partial charge in [-0.3, -0.25) is 4.79 Å². The number of thioether (sulfide) groups is 1. The minimum absolute atomic E-state index is 0.181. The van der Waals surface area contributed by atoms with Crippen molar-refractivity contribution in [1.82, 2.24) is 5.32 Å². The number of hydrogen-bond acceptors (Lipinski definition) is 6. The lowest BCUT2D eigenvalue weighted by Gasteiger charge is -2.43. The highest BCUT2D eigenvalue weighted by molar-refractivity contribution is 9.10. The fourth-order valence-electron chi connectivity index (χ4n) is 7.35. The SMILES string of the molecule is COc1cc(/C=C2\SC(=Nc3cc4c5c(c3)[C@H](c3ccccc3)CCN5CC[C@H]4c3ccccc3)NC2=O)cc(Br)c1OCc1ccc(Br)cc1. The van der Waals surface area contributed by atoms with Gasteiger partial charge in [0.15, 0.2) is 16.7 Å². The number of nitrogens with one attached hydrogen (secondary N) is 1. The molecule has 5 aromatic rings. The molecule has 0 bridgehead atoms. The Kier molecular flexibility index (Phi) is 9.77. The minimum Gasteiger partial charge on any atom is -0.493 e.